The lowest BCUT2D eigenvalue weighted by Crippen LogP contribution is -2.36. The van der Waals surface area contributed by atoms with Crippen molar-refractivity contribution in [3.8, 4) is 0 Å². The van der Waals surface area contributed by atoms with Crippen molar-refractivity contribution in [2.45, 2.75) is 31.6 Å². The van der Waals surface area contributed by atoms with Crippen LogP contribution in [0.2, 0.25) is 10.0 Å². The zero-order valence-corrected chi connectivity index (χ0v) is 18.2. The van der Waals surface area contributed by atoms with Crippen LogP contribution in [0.1, 0.15) is 42.7 Å². The van der Waals surface area contributed by atoms with Gasteiger partial charge in [0.15, 0.2) is 5.78 Å². The molecule has 0 fully saturated rings. The smallest absolute Gasteiger partial charge is 0.336 e. The third-order valence-corrected chi connectivity index (χ3v) is 6.39. The second-order valence-electron chi connectivity index (χ2n) is 7.58. The van der Waals surface area contributed by atoms with Crippen molar-refractivity contribution in [2.24, 2.45) is 0 Å². The lowest BCUT2D eigenvalue weighted by molar-refractivity contribution is -0.136. The molecule has 2 aromatic rings. The van der Waals surface area contributed by atoms with E-state index in [1.54, 1.807) is 6.07 Å². The van der Waals surface area contributed by atoms with Gasteiger partial charge in [0, 0.05) is 39.4 Å². The summed E-state index contributed by atoms with van der Waals surface area (Å²) in [4.78, 5) is 26.1. The van der Waals surface area contributed by atoms with Crippen LogP contribution in [0, 0.1) is 0 Å². The number of carbonyl (C=O) groups excluding carboxylic acids is 2. The summed E-state index contributed by atoms with van der Waals surface area (Å²) in [6.45, 7) is 1.83. The maximum absolute atomic E-state index is 13.4. The molecule has 0 unspecified atom stereocenters. The number of carbonyl (C=O) groups is 2. The van der Waals surface area contributed by atoms with Crippen LogP contribution < -0.4 is 5.32 Å². The van der Waals surface area contributed by atoms with Gasteiger partial charge in [0.25, 0.3) is 0 Å². The fourth-order valence-corrected chi connectivity index (χ4v) is 4.78. The van der Waals surface area contributed by atoms with Crippen LogP contribution in [-0.2, 0) is 14.3 Å². The van der Waals surface area contributed by atoms with Crippen LogP contribution in [-0.4, -0.2) is 18.9 Å². The summed E-state index contributed by atoms with van der Waals surface area (Å²) in [5, 5.41) is 4.49. The molecule has 1 heterocycles. The summed E-state index contributed by atoms with van der Waals surface area (Å²) >= 11 is 12.5. The summed E-state index contributed by atoms with van der Waals surface area (Å²) in [6.07, 6.45) is 1.02. The highest BCUT2D eigenvalue weighted by Crippen LogP contribution is 2.47. The van der Waals surface area contributed by atoms with Gasteiger partial charge in [-0.3, -0.25) is 4.79 Å². The van der Waals surface area contributed by atoms with Gasteiger partial charge in [-0.05, 0) is 48.6 Å². The molecule has 0 saturated carbocycles. The van der Waals surface area contributed by atoms with Crippen molar-refractivity contribution in [1.29, 1.82) is 0 Å². The van der Waals surface area contributed by atoms with Crippen molar-refractivity contribution in [2.75, 3.05) is 7.11 Å². The van der Waals surface area contributed by atoms with Crippen LogP contribution in [0.15, 0.2) is 71.1 Å². The zero-order valence-electron chi connectivity index (χ0n) is 16.7. The molecule has 0 aromatic heterocycles. The maximum Gasteiger partial charge on any atom is 0.336 e. The number of rotatable bonds is 3. The van der Waals surface area contributed by atoms with Gasteiger partial charge in [-0.25, -0.2) is 4.79 Å². The highest BCUT2D eigenvalue weighted by Gasteiger charge is 2.41. The molecule has 1 N–H and O–H groups in total. The number of Topliss-reactive ketones (excluding diaryl/α,β-unsaturated/α-hetero) is 1. The van der Waals surface area contributed by atoms with Crippen LogP contribution in [0.5, 0.6) is 0 Å². The molecule has 2 aromatic carbocycles. The number of halogens is 2. The first-order chi connectivity index (χ1) is 14.4. The van der Waals surface area contributed by atoms with Crippen LogP contribution in [0.4, 0.5) is 0 Å². The molecule has 4 rings (SSSR count). The minimum atomic E-state index is -0.555. The normalized spacial score (nSPS) is 21.3. The molecule has 1 aliphatic carbocycles. The number of methoxy groups -OCH3 is 1. The Labute approximate surface area is 185 Å². The number of allylic oxidation sites excluding steroid dienone is 3. The standard InChI is InChI=1S/C24H21Cl2NO3/c1-13-21(24(29)30-2)22(17-5-3-4-6-18(17)26)23-19(27-13)11-15(12-20(23)28)14-7-9-16(25)10-8-14/h3-10,15,22,27H,11-12H2,1-2H3/t15-,22-/m1/s1. The molecular formula is C24H21Cl2NO3. The first-order valence-corrected chi connectivity index (χ1v) is 10.5. The van der Waals surface area contributed by atoms with Gasteiger partial charge in [0.2, 0.25) is 0 Å². The number of nitrogens with one attached hydrogen (secondary N) is 1. The number of benzene rings is 2. The van der Waals surface area contributed by atoms with E-state index in [-0.39, 0.29) is 11.7 Å². The summed E-state index contributed by atoms with van der Waals surface area (Å²) in [5.74, 6) is -0.979. The van der Waals surface area contributed by atoms with E-state index in [0.717, 1.165) is 16.8 Å². The first kappa shape index (κ1) is 20.7. The molecule has 0 bridgehead atoms. The van der Waals surface area contributed by atoms with E-state index in [4.69, 9.17) is 27.9 Å². The van der Waals surface area contributed by atoms with Crippen molar-refractivity contribution in [3.63, 3.8) is 0 Å². The summed E-state index contributed by atoms with van der Waals surface area (Å²) in [6, 6.07) is 14.9. The molecule has 6 heteroatoms. The number of hydrogen-bond acceptors (Lipinski definition) is 4. The monoisotopic (exact) mass is 441 g/mol. The Morgan fingerprint density at radius 2 is 1.77 bits per heavy atom. The van der Waals surface area contributed by atoms with E-state index in [2.05, 4.69) is 5.32 Å². The summed E-state index contributed by atoms with van der Waals surface area (Å²) in [7, 11) is 1.34. The third kappa shape index (κ3) is 3.66. The minimum absolute atomic E-state index is 0.00234. The summed E-state index contributed by atoms with van der Waals surface area (Å²) < 4.78 is 5.04. The van der Waals surface area contributed by atoms with Crippen molar-refractivity contribution < 1.29 is 14.3 Å². The number of esters is 1. The molecule has 0 spiro atoms. The maximum atomic E-state index is 13.4. The molecule has 0 amide bonds. The van der Waals surface area contributed by atoms with Gasteiger partial charge in [-0.2, -0.15) is 0 Å². The van der Waals surface area contributed by atoms with Crippen LogP contribution in [0.3, 0.4) is 0 Å². The lowest BCUT2D eigenvalue weighted by atomic mass is 9.71. The van der Waals surface area contributed by atoms with Gasteiger partial charge in [0.05, 0.1) is 12.7 Å². The second kappa shape index (κ2) is 8.29. The number of ether oxygens (including phenoxy) is 1. The Kier molecular flexibility index (Phi) is 5.72. The number of hydrogen-bond donors (Lipinski definition) is 1. The molecule has 4 nitrogen and oxygen atoms in total. The van der Waals surface area contributed by atoms with Gasteiger partial charge in [-0.1, -0.05) is 53.5 Å². The highest BCUT2D eigenvalue weighted by molar-refractivity contribution is 6.31. The molecular weight excluding hydrogens is 421 g/mol. The largest absolute Gasteiger partial charge is 0.466 e. The average molecular weight is 442 g/mol. The Morgan fingerprint density at radius 3 is 2.43 bits per heavy atom. The van der Waals surface area contributed by atoms with E-state index < -0.39 is 11.9 Å². The van der Waals surface area contributed by atoms with Crippen molar-refractivity contribution in [3.05, 3.63) is 92.2 Å². The topological polar surface area (TPSA) is 55.4 Å². The Hall–Kier alpha value is -2.56. The zero-order chi connectivity index (χ0) is 21.4. The van der Waals surface area contributed by atoms with E-state index in [1.165, 1.54) is 7.11 Å². The van der Waals surface area contributed by atoms with Crippen LogP contribution >= 0.6 is 23.2 Å². The Bertz CT molecular complexity index is 1090. The molecule has 2 atom stereocenters. The van der Waals surface area contributed by atoms with Gasteiger partial charge in [0.1, 0.15) is 0 Å². The second-order valence-corrected chi connectivity index (χ2v) is 8.43. The predicted octanol–water partition coefficient (Wildman–Crippen LogP) is 5.53. The molecule has 30 heavy (non-hydrogen) atoms. The fraction of sp³-hybridized carbons (Fsp3) is 0.250. The van der Waals surface area contributed by atoms with Crippen molar-refractivity contribution in [1.82, 2.24) is 5.32 Å². The van der Waals surface area contributed by atoms with E-state index in [9.17, 15) is 9.59 Å². The highest BCUT2D eigenvalue weighted by atomic mass is 35.5. The summed E-state index contributed by atoms with van der Waals surface area (Å²) in [5.41, 5.74) is 4.32. The lowest BCUT2D eigenvalue weighted by Gasteiger charge is -2.36. The van der Waals surface area contributed by atoms with E-state index in [0.29, 0.717) is 39.7 Å². The average Bonchev–Trinajstić information content (AvgIpc) is 2.73. The molecule has 0 radical (unpaired) electrons. The fourth-order valence-electron chi connectivity index (χ4n) is 4.41. The van der Waals surface area contributed by atoms with Gasteiger partial charge >= 0.3 is 5.97 Å². The molecule has 1 aliphatic heterocycles. The Balaban J connectivity index is 1.82. The third-order valence-electron chi connectivity index (χ3n) is 5.79. The Morgan fingerprint density at radius 1 is 1.07 bits per heavy atom. The van der Waals surface area contributed by atoms with Gasteiger partial charge in [-0.15, -0.1) is 0 Å². The minimum Gasteiger partial charge on any atom is -0.466 e. The predicted molar refractivity (Wildman–Crippen MR) is 118 cm³/mol. The van der Waals surface area contributed by atoms with Gasteiger partial charge < -0.3 is 10.1 Å². The number of ketones is 1. The first-order valence-electron chi connectivity index (χ1n) is 9.73. The van der Waals surface area contributed by atoms with Crippen LogP contribution in [0.25, 0.3) is 0 Å². The van der Waals surface area contributed by atoms with Crippen molar-refractivity contribution >= 4 is 35.0 Å². The van der Waals surface area contributed by atoms with E-state index in [1.807, 2.05) is 49.4 Å². The number of dihydropyridines is 1. The molecule has 154 valence electrons. The van der Waals surface area contributed by atoms with E-state index >= 15 is 0 Å². The molecule has 2 aliphatic rings. The SMILES string of the molecule is COC(=O)C1=C(C)NC2=C(C(=O)C[C@H](c3ccc(Cl)cc3)C2)[C@@H]1c1ccccc1Cl. The molecule has 0 saturated heterocycles. The quantitative estimate of drug-likeness (QED) is 0.636.